The highest BCUT2D eigenvalue weighted by atomic mass is 19.1. The molecule has 0 saturated heterocycles. The van der Waals surface area contributed by atoms with E-state index in [1.807, 2.05) is 0 Å². The Kier molecular flexibility index (Phi) is 3.01. The standard InChI is InChI=1S/C7H4FNO6/c8-3-1-4(14-6(10)11)5(9-2-3)15-7(12)13/h1-2H,(H,10,11)(H,12,13). The quantitative estimate of drug-likeness (QED) is 0.719. The molecule has 80 valence electrons. The van der Waals surface area contributed by atoms with E-state index in [4.69, 9.17) is 10.2 Å². The van der Waals surface area contributed by atoms with E-state index < -0.39 is 29.8 Å². The van der Waals surface area contributed by atoms with Crippen molar-refractivity contribution in [3.8, 4) is 11.6 Å². The number of carboxylic acid groups (broad SMARTS) is 2. The van der Waals surface area contributed by atoms with Crippen molar-refractivity contribution in [2.45, 2.75) is 0 Å². The Hall–Kier alpha value is -2.38. The maximum absolute atomic E-state index is 12.6. The van der Waals surface area contributed by atoms with Crippen molar-refractivity contribution < 1.29 is 33.7 Å². The molecule has 0 spiro atoms. The Balaban J connectivity index is 3.02. The molecule has 1 aromatic rings. The SMILES string of the molecule is O=C(O)Oc1cc(F)cnc1OC(=O)O. The average molecular weight is 217 g/mol. The zero-order chi connectivity index (χ0) is 11.4. The highest BCUT2D eigenvalue weighted by Gasteiger charge is 2.14. The predicted octanol–water partition coefficient (Wildman–Crippen LogP) is 1.33. The fourth-order valence-corrected chi connectivity index (χ4v) is 0.735. The molecule has 0 saturated carbocycles. The molecule has 0 aliphatic heterocycles. The van der Waals surface area contributed by atoms with Crippen LogP contribution in [0.25, 0.3) is 0 Å². The number of ether oxygens (including phenoxy) is 2. The number of nitrogens with zero attached hydrogens (tertiary/aromatic N) is 1. The number of pyridine rings is 1. The zero-order valence-corrected chi connectivity index (χ0v) is 7.01. The lowest BCUT2D eigenvalue weighted by Crippen LogP contribution is -2.09. The van der Waals surface area contributed by atoms with E-state index in [9.17, 15) is 14.0 Å². The third-order valence-electron chi connectivity index (χ3n) is 1.17. The number of hydrogen-bond donors (Lipinski definition) is 2. The van der Waals surface area contributed by atoms with Gasteiger partial charge >= 0.3 is 12.3 Å². The van der Waals surface area contributed by atoms with Crippen molar-refractivity contribution in [1.29, 1.82) is 0 Å². The topological polar surface area (TPSA) is 106 Å². The highest BCUT2D eigenvalue weighted by Crippen LogP contribution is 2.25. The molecule has 1 rings (SSSR count). The van der Waals surface area contributed by atoms with Crippen LogP contribution in [0.15, 0.2) is 12.3 Å². The lowest BCUT2D eigenvalue weighted by Gasteiger charge is -2.04. The molecule has 0 amide bonds. The maximum atomic E-state index is 12.6. The van der Waals surface area contributed by atoms with Gasteiger partial charge in [-0.25, -0.2) is 19.0 Å². The molecule has 1 heterocycles. The number of halogens is 1. The zero-order valence-electron chi connectivity index (χ0n) is 7.01. The molecule has 0 radical (unpaired) electrons. The Bertz CT molecular complexity index is 406. The summed E-state index contributed by atoms with van der Waals surface area (Å²) in [5.74, 6) is -2.17. The van der Waals surface area contributed by atoms with Gasteiger partial charge in [-0.05, 0) is 0 Å². The minimum atomic E-state index is -1.74. The van der Waals surface area contributed by atoms with E-state index in [0.29, 0.717) is 12.3 Å². The second kappa shape index (κ2) is 4.22. The molecule has 0 fully saturated rings. The second-order valence-electron chi connectivity index (χ2n) is 2.19. The summed E-state index contributed by atoms with van der Waals surface area (Å²) in [6.45, 7) is 0. The minimum absolute atomic E-state index is 0.634. The summed E-state index contributed by atoms with van der Waals surface area (Å²) in [5, 5.41) is 16.5. The van der Waals surface area contributed by atoms with Crippen LogP contribution in [0.2, 0.25) is 0 Å². The Morgan fingerprint density at radius 3 is 2.40 bits per heavy atom. The van der Waals surface area contributed by atoms with E-state index in [1.54, 1.807) is 0 Å². The first-order chi connectivity index (χ1) is 6.99. The average Bonchev–Trinajstić information content (AvgIpc) is 2.08. The normalized spacial score (nSPS) is 9.40. The van der Waals surface area contributed by atoms with Crippen LogP contribution in [0.3, 0.4) is 0 Å². The summed E-state index contributed by atoms with van der Waals surface area (Å²) in [4.78, 5) is 23.5. The fourth-order valence-electron chi connectivity index (χ4n) is 0.735. The van der Waals surface area contributed by atoms with Gasteiger partial charge in [0.25, 0.3) is 5.88 Å². The van der Waals surface area contributed by atoms with Crippen molar-refractivity contribution in [2.75, 3.05) is 0 Å². The van der Waals surface area contributed by atoms with Crippen molar-refractivity contribution in [3.63, 3.8) is 0 Å². The lowest BCUT2D eigenvalue weighted by atomic mass is 10.4. The summed E-state index contributed by atoms with van der Waals surface area (Å²) in [5.41, 5.74) is 0. The van der Waals surface area contributed by atoms with Gasteiger partial charge in [0.05, 0.1) is 6.20 Å². The Morgan fingerprint density at radius 1 is 1.27 bits per heavy atom. The molecular weight excluding hydrogens is 213 g/mol. The summed E-state index contributed by atoms with van der Waals surface area (Å²) >= 11 is 0. The van der Waals surface area contributed by atoms with Crippen LogP contribution in [-0.4, -0.2) is 27.5 Å². The van der Waals surface area contributed by atoms with E-state index in [-0.39, 0.29) is 0 Å². The van der Waals surface area contributed by atoms with Gasteiger partial charge < -0.3 is 19.7 Å². The first-order valence-corrected chi connectivity index (χ1v) is 3.46. The van der Waals surface area contributed by atoms with Gasteiger partial charge in [-0.15, -0.1) is 0 Å². The molecule has 0 aliphatic rings. The van der Waals surface area contributed by atoms with Crippen LogP contribution in [-0.2, 0) is 0 Å². The molecule has 0 unspecified atom stereocenters. The van der Waals surface area contributed by atoms with Crippen LogP contribution >= 0.6 is 0 Å². The predicted molar refractivity (Wildman–Crippen MR) is 41.5 cm³/mol. The number of carbonyl (C=O) groups is 2. The van der Waals surface area contributed by atoms with Gasteiger partial charge in [-0.1, -0.05) is 0 Å². The lowest BCUT2D eigenvalue weighted by molar-refractivity contribution is 0.130. The first-order valence-electron chi connectivity index (χ1n) is 3.46. The van der Waals surface area contributed by atoms with Crippen LogP contribution in [0.1, 0.15) is 0 Å². The molecule has 0 aliphatic carbocycles. The molecule has 0 bridgehead atoms. The van der Waals surface area contributed by atoms with Gasteiger partial charge in [0, 0.05) is 6.07 Å². The Labute approximate surface area is 81.7 Å². The van der Waals surface area contributed by atoms with Crippen molar-refractivity contribution >= 4 is 12.3 Å². The van der Waals surface area contributed by atoms with Crippen molar-refractivity contribution in [3.05, 3.63) is 18.1 Å². The molecule has 2 N–H and O–H groups in total. The van der Waals surface area contributed by atoms with Crippen LogP contribution in [0, 0.1) is 5.82 Å². The van der Waals surface area contributed by atoms with Crippen LogP contribution in [0.4, 0.5) is 14.0 Å². The maximum Gasteiger partial charge on any atom is 0.512 e. The van der Waals surface area contributed by atoms with Crippen LogP contribution in [0.5, 0.6) is 11.6 Å². The van der Waals surface area contributed by atoms with Gasteiger partial charge in [0.15, 0.2) is 5.75 Å². The highest BCUT2D eigenvalue weighted by molar-refractivity contribution is 5.65. The van der Waals surface area contributed by atoms with Gasteiger partial charge in [-0.2, -0.15) is 0 Å². The first kappa shape index (κ1) is 10.7. The Morgan fingerprint density at radius 2 is 1.87 bits per heavy atom. The third kappa shape index (κ3) is 3.10. The molecule has 8 heteroatoms. The van der Waals surface area contributed by atoms with E-state index in [1.165, 1.54) is 0 Å². The number of aromatic nitrogens is 1. The van der Waals surface area contributed by atoms with Gasteiger partial charge in [0.1, 0.15) is 5.82 Å². The molecule has 15 heavy (non-hydrogen) atoms. The summed E-state index contributed by atoms with van der Waals surface area (Å²) in [7, 11) is 0. The van der Waals surface area contributed by atoms with E-state index in [0.717, 1.165) is 0 Å². The number of rotatable bonds is 2. The molecular formula is C7H4FNO6. The van der Waals surface area contributed by atoms with Gasteiger partial charge in [0.2, 0.25) is 0 Å². The molecule has 0 atom stereocenters. The summed E-state index contributed by atoms with van der Waals surface area (Å²) in [6.07, 6.45) is -2.80. The summed E-state index contributed by atoms with van der Waals surface area (Å²) in [6, 6.07) is 0.638. The largest absolute Gasteiger partial charge is 0.512 e. The van der Waals surface area contributed by atoms with Gasteiger partial charge in [-0.3, -0.25) is 0 Å². The minimum Gasteiger partial charge on any atom is -0.449 e. The smallest absolute Gasteiger partial charge is 0.449 e. The molecule has 7 nitrogen and oxygen atoms in total. The van der Waals surface area contributed by atoms with Crippen LogP contribution < -0.4 is 9.47 Å². The molecule has 1 aromatic heterocycles. The third-order valence-corrected chi connectivity index (χ3v) is 1.17. The molecule has 0 aromatic carbocycles. The van der Waals surface area contributed by atoms with E-state index >= 15 is 0 Å². The monoisotopic (exact) mass is 217 g/mol. The van der Waals surface area contributed by atoms with E-state index in [2.05, 4.69) is 14.5 Å². The van der Waals surface area contributed by atoms with Crippen molar-refractivity contribution in [2.24, 2.45) is 0 Å². The van der Waals surface area contributed by atoms with Crippen molar-refractivity contribution in [1.82, 2.24) is 4.98 Å². The summed E-state index contributed by atoms with van der Waals surface area (Å²) < 4.78 is 20.7. The second-order valence-corrected chi connectivity index (χ2v) is 2.19. The number of hydrogen-bond acceptors (Lipinski definition) is 5. The fraction of sp³-hybridized carbons (Fsp3) is 0.